The summed E-state index contributed by atoms with van der Waals surface area (Å²) in [5, 5.41) is 7.40. The van der Waals surface area contributed by atoms with Gasteiger partial charge in [-0.05, 0) is 37.0 Å². The van der Waals surface area contributed by atoms with Crippen molar-refractivity contribution in [3.63, 3.8) is 0 Å². The normalized spacial score (nSPS) is 17.1. The first kappa shape index (κ1) is 22.0. The molecule has 1 heterocycles. The Morgan fingerprint density at radius 2 is 2.03 bits per heavy atom. The largest absolute Gasteiger partial charge is 0.350 e. The number of thiazole rings is 1. The zero-order chi connectivity index (χ0) is 20.8. The second-order valence-corrected chi connectivity index (χ2v) is 9.20. The molecule has 0 saturated heterocycles. The Bertz CT molecular complexity index is 850. The van der Waals surface area contributed by atoms with Gasteiger partial charge >= 0.3 is 0 Å². The maximum atomic E-state index is 13.1. The van der Waals surface area contributed by atoms with Crippen LogP contribution in [0.3, 0.4) is 0 Å². The highest BCUT2D eigenvalue weighted by Crippen LogP contribution is 2.27. The van der Waals surface area contributed by atoms with E-state index in [4.69, 9.17) is 17.3 Å². The summed E-state index contributed by atoms with van der Waals surface area (Å²) in [7, 11) is 0. The van der Waals surface area contributed by atoms with E-state index < -0.39 is 6.04 Å². The lowest BCUT2D eigenvalue weighted by Gasteiger charge is -2.31. The number of carbonyl (C=O) groups is 2. The highest BCUT2D eigenvalue weighted by molar-refractivity contribution is 7.18. The summed E-state index contributed by atoms with van der Waals surface area (Å²) in [5.41, 5.74) is 6.82. The number of amides is 2. The highest BCUT2D eigenvalue weighted by Gasteiger charge is 2.28. The van der Waals surface area contributed by atoms with Gasteiger partial charge in [0.1, 0.15) is 6.04 Å². The van der Waals surface area contributed by atoms with Crippen molar-refractivity contribution in [2.75, 3.05) is 6.54 Å². The van der Waals surface area contributed by atoms with Gasteiger partial charge < -0.3 is 16.4 Å². The van der Waals surface area contributed by atoms with Gasteiger partial charge in [0.15, 0.2) is 0 Å². The number of carbonyl (C=O) groups excluding carboxylic acids is 2. The van der Waals surface area contributed by atoms with E-state index in [1.54, 1.807) is 13.0 Å². The fraction of sp³-hybridized carbons (Fsp3) is 0.571. The van der Waals surface area contributed by atoms with Gasteiger partial charge in [0.2, 0.25) is 11.8 Å². The van der Waals surface area contributed by atoms with E-state index in [2.05, 4.69) is 15.6 Å². The molecule has 2 amide bonds. The minimum Gasteiger partial charge on any atom is -0.350 e. The van der Waals surface area contributed by atoms with Crippen LogP contribution in [0.25, 0.3) is 10.2 Å². The Morgan fingerprint density at radius 1 is 1.28 bits per heavy atom. The van der Waals surface area contributed by atoms with Crippen LogP contribution < -0.4 is 16.4 Å². The molecule has 1 aromatic carbocycles. The zero-order valence-corrected chi connectivity index (χ0v) is 18.3. The Balaban J connectivity index is 1.73. The number of fused-ring (bicyclic) bond motifs is 1. The van der Waals surface area contributed by atoms with Crippen molar-refractivity contribution in [1.29, 1.82) is 0 Å². The van der Waals surface area contributed by atoms with Gasteiger partial charge in [-0.15, -0.1) is 11.3 Å². The number of nitrogens with zero attached hydrogens (tertiary/aromatic N) is 1. The second-order valence-electron chi connectivity index (χ2n) is 7.65. The van der Waals surface area contributed by atoms with Crippen LogP contribution in [0, 0.1) is 5.92 Å². The minimum absolute atomic E-state index is 0.0574. The average molecular weight is 437 g/mol. The monoisotopic (exact) mass is 436 g/mol. The smallest absolute Gasteiger partial charge is 0.243 e. The van der Waals surface area contributed by atoms with Crippen LogP contribution in [0.1, 0.15) is 50.5 Å². The molecule has 1 aromatic heterocycles. The molecule has 0 spiro atoms. The highest BCUT2D eigenvalue weighted by atomic mass is 35.5. The summed E-state index contributed by atoms with van der Waals surface area (Å²) >= 11 is 7.56. The molecule has 4 N–H and O–H groups in total. The lowest BCUT2D eigenvalue weighted by molar-refractivity contribution is -0.129. The van der Waals surface area contributed by atoms with E-state index >= 15 is 0 Å². The number of benzene rings is 1. The number of hydrogen-bond acceptors (Lipinski definition) is 5. The molecule has 0 aliphatic heterocycles. The van der Waals surface area contributed by atoms with Crippen LogP contribution in [0.4, 0.5) is 0 Å². The van der Waals surface area contributed by atoms with Crippen LogP contribution in [0.5, 0.6) is 0 Å². The van der Waals surface area contributed by atoms with Gasteiger partial charge in [-0.25, -0.2) is 4.98 Å². The molecule has 1 fully saturated rings. The van der Waals surface area contributed by atoms with Crippen LogP contribution in [0.2, 0.25) is 5.02 Å². The van der Waals surface area contributed by atoms with Crippen molar-refractivity contribution >= 4 is 45.0 Å². The standard InChI is InChI=1S/C21H29ClN4O2S/c1-2-19(27)24-16(11-20-25-15-9-8-14(22)10-18(15)29-20)21(28)26-17(12-23)13-6-4-3-5-7-13/h8-10,13,16-17H,2-7,11-12,23H2,1H3,(H,24,27)(H,26,28)/t16-,17+/m0/s1. The van der Waals surface area contributed by atoms with Crippen LogP contribution in [-0.4, -0.2) is 35.4 Å². The van der Waals surface area contributed by atoms with Gasteiger partial charge in [-0.2, -0.15) is 0 Å². The number of rotatable bonds is 8. The van der Waals surface area contributed by atoms with Crippen molar-refractivity contribution in [3.8, 4) is 0 Å². The number of aromatic nitrogens is 1. The molecule has 0 radical (unpaired) electrons. The van der Waals surface area contributed by atoms with Gasteiger partial charge in [-0.1, -0.05) is 37.8 Å². The number of halogens is 1. The fourth-order valence-electron chi connectivity index (χ4n) is 3.90. The van der Waals surface area contributed by atoms with Crippen molar-refractivity contribution in [1.82, 2.24) is 15.6 Å². The van der Waals surface area contributed by atoms with E-state index in [0.717, 1.165) is 28.1 Å². The minimum atomic E-state index is -0.670. The van der Waals surface area contributed by atoms with Crippen molar-refractivity contribution in [2.45, 2.75) is 64.0 Å². The molecule has 29 heavy (non-hydrogen) atoms. The van der Waals surface area contributed by atoms with Crippen molar-refractivity contribution < 1.29 is 9.59 Å². The van der Waals surface area contributed by atoms with Gasteiger partial charge in [0, 0.05) is 30.5 Å². The SMILES string of the molecule is CCC(=O)N[C@@H](Cc1nc2ccc(Cl)cc2s1)C(=O)N[C@H](CN)C1CCCCC1. The predicted octanol–water partition coefficient (Wildman–Crippen LogP) is 3.41. The maximum Gasteiger partial charge on any atom is 0.243 e. The Labute approximate surface area is 180 Å². The molecule has 0 unspecified atom stereocenters. The maximum absolute atomic E-state index is 13.1. The van der Waals surface area contributed by atoms with Crippen molar-refractivity contribution in [3.05, 3.63) is 28.2 Å². The van der Waals surface area contributed by atoms with E-state index in [0.29, 0.717) is 30.3 Å². The predicted molar refractivity (Wildman–Crippen MR) is 118 cm³/mol. The molecular weight excluding hydrogens is 408 g/mol. The molecular formula is C21H29ClN4O2S. The Morgan fingerprint density at radius 3 is 2.72 bits per heavy atom. The summed E-state index contributed by atoms with van der Waals surface area (Å²) in [6, 6.07) is 4.80. The van der Waals surface area contributed by atoms with Crippen molar-refractivity contribution in [2.24, 2.45) is 11.7 Å². The molecule has 2 atom stereocenters. The zero-order valence-electron chi connectivity index (χ0n) is 16.7. The second kappa shape index (κ2) is 10.4. The van der Waals surface area contributed by atoms with Crippen LogP contribution in [0.15, 0.2) is 18.2 Å². The Hall–Kier alpha value is -1.70. The van der Waals surface area contributed by atoms with Gasteiger partial charge in [0.05, 0.1) is 15.2 Å². The first-order chi connectivity index (χ1) is 14.0. The molecule has 1 aliphatic carbocycles. The summed E-state index contributed by atoms with van der Waals surface area (Å²) in [5.74, 6) is 0.0613. The number of nitrogens with two attached hydrogens (primary N) is 1. The molecule has 0 bridgehead atoms. The third kappa shape index (κ3) is 5.90. The number of nitrogens with one attached hydrogen (secondary N) is 2. The van der Waals surface area contributed by atoms with E-state index in [1.165, 1.54) is 30.6 Å². The van der Waals surface area contributed by atoms with Gasteiger partial charge in [0.25, 0.3) is 0 Å². The molecule has 1 aliphatic rings. The van der Waals surface area contributed by atoms with Crippen LogP contribution in [-0.2, 0) is 16.0 Å². The molecule has 6 nitrogen and oxygen atoms in total. The lowest BCUT2D eigenvalue weighted by Crippen LogP contribution is -2.54. The summed E-state index contributed by atoms with van der Waals surface area (Å²) in [6.45, 7) is 2.18. The summed E-state index contributed by atoms with van der Waals surface area (Å²) < 4.78 is 0.968. The van der Waals surface area contributed by atoms with E-state index in [1.807, 2.05) is 12.1 Å². The molecule has 2 aromatic rings. The quantitative estimate of drug-likeness (QED) is 0.590. The Kier molecular flexibility index (Phi) is 7.86. The summed E-state index contributed by atoms with van der Waals surface area (Å²) in [6.07, 6.45) is 6.46. The number of hydrogen-bond donors (Lipinski definition) is 3. The average Bonchev–Trinajstić information content (AvgIpc) is 3.13. The molecule has 8 heteroatoms. The molecule has 158 valence electrons. The fourth-order valence-corrected chi connectivity index (χ4v) is 5.19. The lowest BCUT2D eigenvalue weighted by atomic mass is 9.84. The third-order valence-corrected chi connectivity index (χ3v) is 6.82. The van der Waals surface area contributed by atoms with E-state index in [-0.39, 0.29) is 17.9 Å². The van der Waals surface area contributed by atoms with Gasteiger partial charge in [-0.3, -0.25) is 9.59 Å². The molecule has 3 rings (SSSR count). The summed E-state index contributed by atoms with van der Waals surface area (Å²) in [4.78, 5) is 29.7. The third-order valence-electron chi connectivity index (χ3n) is 5.55. The van der Waals surface area contributed by atoms with Crippen LogP contribution >= 0.6 is 22.9 Å². The first-order valence-electron chi connectivity index (χ1n) is 10.3. The topological polar surface area (TPSA) is 97.1 Å². The molecule has 1 saturated carbocycles. The van der Waals surface area contributed by atoms with E-state index in [9.17, 15) is 9.59 Å². The first-order valence-corrected chi connectivity index (χ1v) is 11.5.